The zero-order valence-corrected chi connectivity index (χ0v) is 16.3. The Morgan fingerprint density at radius 1 is 1.24 bits per heavy atom. The van der Waals surface area contributed by atoms with Gasteiger partial charge in [-0.05, 0) is 49.2 Å². The molecule has 0 bridgehead atoms. The van der Waals surface area contributed by atoms with Crippen molar-refractivity contribution in [3.8, 4) is 23.6 Å². The van der Waals surface area contributed by atoms with E-state index in [1.54, 1.807) is 6.07 Å². The van der Waals surface area contributed by atoms with Gasteiger partial charge in [0.05, 0.1) is 15.9 Å². The number of nitriles is 2. The van der Waals surface area contributed by atoms with Crippen LogP contribution in [0.4, 0.5) is 4.39 Å². The predicted molar refractivity (Wildman–Crippen MR) is 104 cm³/mol. The highest BCUT2D eigenvalue weighted by Crippen LogP contribution is 2.32. The number of halogens is 1. The van der Waals surface area contributed by atoms with E-state index in [1.165, 1.54) is 48.7 Å². The number of benzene rings is 2. The molecular formula is C21H16FN3O3S. The van der Waals surface area contributed by atoms with E-state index >= 15 is 0 Å². The van der Waals surface area contributed by atoms with E-state index in [0.29, 0.717) is 10.6 Å². The first-order valence-corrected chi connectivity index (χ1v) is 10.6. The summed E-state index contributed by atoms with van der Waals surface area (Å²) >= 11 is 0. The number of hydrogen-bond donors (Lipinski definition) is 0. The van der Waals surface area contributed by atoms with Gasteiger partial charge in [0.15, 0.2) is 5.78 Å². The average molecular weight is 409 g/mol. The topological polar surface area (TPSA) is 103 Å². The van der Waals surface area contributed by atoms with Gasteiger partial charge in [0.1, 0.15) is 40.6 Å². The fourth-order valence-corrected chi connectivity index (χ4v) is 3.58. The van der Waals surface area contributed by atoms with E-state index in [0.717, 1.165) is 19.0 Å². The molecule has 1 atom stereocenters. The van der Waals surface area contributed by atoms with Gasteiger partial charge in [0, 0.05) is 17.1 Å². The number of ketones is 1. The molecule has 29 heavy (non-hydrogen) atoms. The number of hydrogen-bond acceptors (Lipinski definition) is 6. The van der Waals surface area contributed by atoms with Gasteiger partial charge < -0.3 is 4.74 Å². The van der Waals surface area contributed by atoms with Crippen LogP contribution in [0.1, 0.15) is 18.4 Å². The van der Waals surface area contributed by atoms with Crippen molar-refractivity contribution < 1.29 is 18.1 Å². The molecule has 2 aromatic rings. The van der Waals surface area contributed by atoms with Crippen LogP contribution in [0, 0.1) is 34.4 Å². The summed E-state index contributed by atoms with van der Waals surface area (Å²) in [7, 11) is -2.89. The zero-order chi connectivity index (χ0) is 21.0. The second-order valence-corrected chi connectivity index (χ2v) is 8.79. The first kappa shape index (κ1) is 20.2. The van der Waals surface area contributed by atoms with Gasteiger partial charge in [-0.15, -0.1) is 0 Å². The van der Waals surface area contributed by atoms with Gasteiger partial charge in [-0.3, -0.25) is 4.79 Å². The summed E-state index contributed by atoms with van der Waals surface area (Å²) in [4.78, 5) is 12.3. The van der Waals surface area contributed by atoms with Crippen LogP contribution in [-0.2, 0) is 14.5 Å². The third kappa shape index (κ3) is 4.68. The van der Waals surface area contributed by atoms with Crippen molar-refractivity contribution in [1.29, 1.82) is 10.5 Å². The first-order valence-electron chi connectivity index (χ1n) is 8.68. The second-order valence-electron chi connectivity index (χ2n) is 6.50. The molecule has 0 amide bonds. The maximum Gasteiger partial charge on any atom is 0.178 e. The number of ether oxygens (including phenoxy) is 1. The van der Waals surface area contributed by atoms with Crippen LogP contribution in [0.3, 0.4) is 0 Å². The van der Waals surface area contributed by atoms with E-state index in [-0.39, 0.29) is 28.6 Å². The molecule has 2 aromatic carbocycles. The SMILES string of the molecule is CS(=O)(=N/C=C(\C#N)C(=O)C1CC1)c1ccc(Oc2cccc(F)c2C#N)cc1. The van der Waals surface area contributed by atoms with Crippen LogP contribution in [0.25, 0.3) is 0 Å². The lowest BCUT2D eigenvalue weighted by Gasteiger charge is -2.09. The maximum atomic E-state index is 13.7. The summed E-state index contributed by atoms with van der Waals surface area (Å²) in [5.41, 5.74) is -0.308. The normalized spacial score (nSPS) is 15.5. The Morgan fingerprint density at radius 2 is 1.93 bits per heavy atom. The van der Waals surface area contributed by atoms with Crippen LogP contribution in [0.2, 0.25) is 0 Å². The molecule has 0 aliphatic heterocycles. The van der Waals surface area contributed by atoms with E-state index < -0.39 is 15.5 Å². The maximum absolute atomic E-state index is 13.7. The van der Waals surface area contributed by atoms with Gasteiger partial charge >= 0.3 is 0 Å². The molecule has 0 aromatic heterocycles. The van der Waals surface area contributed by atoms with Crippen molar-refractivity contribution in [1.82, 2.24) is 0 Å². The minimum absolute atomic E-state index is 0.0716. The van der Waals surface area contributed by atoms with Gasteiger partial charge in [0.2, 0.25) is 0 Å². The van der Waals surface area contributed by atoms with E-state index in [9.17, 15) is 13.4 Å². The third-order valence-corrected chi connectivity index (χ3v) is 5.95. The van der Waals surface area contributed by atoms with Crippen molar-refractivity contribution in [3.63, 3.8) is 0 Å². The van der Waals surface area contributed by atoms with Crippen molar-refractivity contribution in [2.45, 2.75) is 17.7 Å². The fourth-order valence-electron chi connectivity index (χ4n) is 2.51. The highest BCUT2D eigenvalue weighted by molar-refractivity contribution is 7.93. The molecule has 0 heterocycles. The number of carbonyl (C=O) groups is 1. The molecule has 1 unspecified atom stereocenters. The van der Waals surface area contributed by atoms with Crippen LogP contribution >= 0.6 is 0 Å². The highest BCUT2D eigenvalue weighted by atomic mass is 32.2. The highest BCUT2D eigenvalue weighted by Gasteiger charge is 2.31. The Kier molecular flexibility index (Phi) is 5.76. The molecule has 0 saturated heterocycles. The van der Waals surface area contributed by atoms with Gasteiger partial charge in [0.25, 0.3) is 0 Å². The molecule has 0 spiro atoms. The lowest BCUT2D eigenvalue weighted by atomic mass is 10.1. The molecule has 146 valence electrons. The summed E-state index contributed by atoms with van der Waals surface area (Å²) in [5, 5.41) is 18.2. The molecule has 1 aliphatic rings. The van der Waals surface area contributed by atoms with Gasteiger partial charge in [-0.2, -0.15) is 10.5 Å². The first-order chi connectivity index (χ1) is 13.9. The number of allylic oxidation sites excluding steroid dienone is 1. The predicted octanol–water partition coefficient (Wildman–Crippen LogP) is 4.33. The van der Waals surface area contributed by atoms with Crippen LogP contribution < -0.4 is 4.74 Å². The second kappa shape index (κ2) is 8.26. The number of Topliss-reactive ketones (excluding diaryl/α,β-unsaturated/α-hetero) is 1. The molecule has 0 N–H and O–H groups in total. The molecule has 8 heteroatoms. The standard InChI is InChI=1S/C21H16FN3O3S/c1-29(27,25-13-15(11-23)21(26)14-5-6-14)17-9-7-16(8-10-17)28-20-4-2-3-19(22)18(20)12-24/h2-4,7-10,13-14H,5-6H2,1H3/b15-13+. The van der Waals surface area contributed by atoms with E-state index in [1.807, 2.05) is 6.07 Å². The minimum atomic E-state index is -2.89. The molecule has 0 radical (unpaired) electrons. The van der Waals surface area contributed by atoms with Crippen molar-refractivity contribution in [3.05, 3.63) is 65.6 Å². The Morgan fingerprint density at radius 3 is 2.52 bits per heavy atom. The summed E-state index contributed by atoms with van der Waals surface area (Å²) in [6.07, 6.45) is 4.01. The van der Waals surface area contributed by atoms with Crippen molar-refractivity contribution in [2.24, 2.45) is 10.3 Å². The Bertz CT molecular complexity index is 1190. The van der Waals surface area contributed by atoms with E-state index in [4.69, 9.17) is 15.3 Å². The summed E-state index contributed by atoms with van der Waals surface area (Å²) in [5.74, 6) is -0.677. The van der Waals surface area contributed by atoms with Crippen molar-refractivity contribution in [2.75, 3.05) is 6.26 Å². The molecule has 1 fully saturated rings. The molecule has 6 nitrogen and oxygen atoms in total. The quantitative estimate of drug-likeness (QED) is 0.522. The van der Waals surface area contributed by atoms with Gasteiger partial charge in [-0.25, -0.2) is 13.0 Å². The fraction of sp³-hybridized carbons (Fsp3) is 0.190. The summed E-state index contributed by atoms with van der Waals surface area (Å²) < 4.78 is 36.0. The van der Waals surface area contributed by atoms with Crippen LogP contribution in [0.5, 0.6) is 11.5 Å². The zero-order valence-electron chi connectivity index (χ0n) is 15.5. The van der Waals surface area contributed by atoms with Crippen LogP contribution in [-0.4, -0.2) is 16.2 Å². The third-order valence-electron chi connectivity index (χ3n) is 4.29. The lowest BCUT2D eigenvalue weighted by Crippen LogP contribution is -2.03. The van der Waals surface area contributed by atoms with E-state index in [2.05, 4.69) is 4.36 Å². The smallest absolute Gasteiger partial charge is 0.178 e. The summed E-state index contributed by atoms with van der Waals surface area (Å²) in [6.45, 7) is 0. The number of carbonyl (C=O) groups excluding carboxylic acids is 1. The molecular weight excluding hydrogens is 393 g/mol. The number of rotatable bonds is 6. The Balaban J connectivity index is 1.83. The Hall–Kier alpha value is -3.49. The largest absolute Gasteiger partial charge is 0.456 e. The van der Waals surface area contributed by atoms with Crippen molar-refractivity contribution >= 4 is 15.5 Å². The van der Waals surface area contributed by atoms with Gasteiger partial charge in [-0.1, -0.05) is 6.07 Å². The average Bonchev–Trinajstić information content (AvgIpc) is 3.54. The molecule has 1 aliphatic carbocycles. The minimum Gasteiger partial charge on any atom is -0.456 e. The Labute approximate surface area is 168 Å². The van der Waals surface area contributed by atoms with Crippen LogP contribution in [0.15, 0.2) is 63.5 Å². The molecule has 1 saturated carbocycles. The summed E-state index contributed by atoms with van der Waals surface area (Å²) in [6, 6.07) is 13.7. The monoisotopic (exact) mass is 409 g/mol. The lowest BCUT2D eigenvalue weighted by molar-refractivity contribution is -0.116. The number of nitrogens with zero attached hydrogens (tertiary/aromatic N) is 3. The molecule has 3 rings (SSSR count).